The fraction of sp³-hybridized carbons (Fsp3) is 0.524. The summed E-state index contributed by atoms with van der Waals surface area (Å²) in [7, 11) is -0.809. The zero-order valence-electron chi connectivity index (χ0n) is 16.8. The molecule has 0 spiro atoms. The average Bonchev–Trinajstić information content (AvgIpc) is 2.94. The van der Waals surface area contributed by atoms with E-state index in [4.69, 9.17) is 4.52 Å². The van der Waals surface area contributed by atoms with Gasteiger partial charge in [-0.1, -0.05) is 61.2 Å². The lowest BCUT2D eigenvalue weighted by molar-refractivity contribution is 0.423. The van der Waals surface area contributed by atoms with Crippen LogP contribution in [0.4, 0.5) is 0 Å². The van der Waals surface area contributed by atoms with Gasteiger partial charge < -0.3 is 0 Å². The maximum absolute atomic E-state index is 12.2. The molecule has 0 aliphatic rings. The van der Waals surface area contributed by atoms with Crippen LogP contribution in [-0.2, 0) is 9.09 Å². The highest BCUT2D eigenvalue weighted by Crippen LogP contribution is 2.50. The van der Waals surface area contributed by atoms with Gasteiger partial charge in [-0.25, -0.2) is 0 Å². The molecule has 0 saturated heterocycles. The fourth-order valence-corrected chi connectivity index (χ4v) is 7.18. The predicted octanol–water partition coefficient (Wildman–Crippen LogP) is 7.36. The summed E-state index contributed by atoms with van der Waals surface area (Å²) in [5, 5.41) is 2.33. The van der Waals surface area contributed by atoms with Crippen molar-refractivity contribution in [1.29, 1.82) is 0 Å². The molecule has 1 heterocycles. The summed E-state index contributed by atoms with van der Waals surface area (Å²) in [6.45, 7) is 15.7. The van der Waals surface area contributed by atoms with E-state index in [2.05, 4.69) is 65.3 Å². The minimum Gasteiger partial charge on any atom is -0.145 e. The zero-order valence-corrected chi connectivity index (χ0v) is 18.5. The summed E-state index contributed by atoms with van der Waals surface area (Å²) < 4.78 is 17.3. The van der Waals surface area contributed by atoms with Crippen molar-refractivity contribution in [2.45, 2.75) is 66.2 Å². The molecule has 4 heteroatoms. The standard InChI is InChI=1S/C21H31O2P2/c1-13(2)17-9-18(14(3)4)21(19(10-17)15(5)6)24-11-16(7)20(12-24)25(22)23-8/h9-15H,1-8H3/q+1. The first kappa shape index (κ1) is 20.4. The van der Waals surface area contributed by atoms with Crippen molar-refractivity contribution in [2.75, 3.05) is 7.11 Å². The molecule has 0 aliphatic carbocycles. The lowest BCUT2D eigenvalue weighted by atomic mass is 9.89. The summed E-state index contributed by atoms with van der Waals surface area (Å²) in [5.41, 5.74) is 5.40. The molecule has 0 fully saturated rings. The molecule has 1 aromatic heterocycles. The Bertz CT molecular complexity index is 741. The molecule has 2 nitrogen and oxygen atoms in total. The van der Waals surface area contributed by atoms with Crippen LogP contribution in [0.15, 0.2) is 23.7 Å². The molecular formula is C21H31O2P2+. The summed E-state index contributed by atoms with van der Waals surface area (Å²) in [4.78, 5) is 0. The number of hydrogen-bond donors (Lipinski definition) is 0. The smallest absolute Gasteiger partial charge is 0.145 e. The number of rotatable bonds is 6. The van der Waals surface area contributed by atoms with E-state index in [0.717, 1.165) is 10.9 Å². The average molecular weight is 377 g/mol. The molecule has 0 N–H and O–H groups in total. The highest BCUT2D eigenvalue weighted by molar-refractivity contribution is 7.59. The van der Waals surface area contributed by atoms with E-state index in [9.17, 15) is 4.57 Å². The lowest BCUT2D eigenvalue weighted by Crippen LogP contribution is -2.01. The van der Waals surface area contributed by atoms with Gasteiger partial charge in [-0.15, -0.1) is 4.52 Å². The van der Waals surface area contributed by atoms with E-state index in [1.807, 2.05) is 6.92 Å². The van der Waals surface area contributed by atoms with Gasteiger partial charge >= 0.3 is 8.03 Å². The molecule has 0 bridgehead atoms. The Morgan fingerprint density at radius 2 is 1.44 bits per heavy atom. The Morgan fingerprint density at radius 3 is 1.84 bits per heavy atom. The highest BCUT2D eigenvalue weighted by atomic mass is 31.1. The van der Waals surface area contributed by atoms with E-state index in [0.29, 0.717) is 17.8 Å². The van der Waals surface area contributed by atoms with Gasteiger partial charge in [0.05, 0.1) is 7.11 Å². The molecule has 0 amide bonds. The minimum atomic E-state index is -1.74. The monoisotopic (exact) mass is 377 g/mol. The minimum absolute atomic E-state index is 0.469. The van der Waals surface area contributed by atoms with E-state index >= 15 is 0 Å². The first-order valence-corrected chi connectivity index (χ1v) is 11.7. The normalized spacial score (nSPS) is 13.2. The van der Waals surface area contributed by atoms with Crippen LogP contribution in [0.2, 0.25) is 0 Å². The van der Waals surface area contributed by atoms with Gasteiger partial charge in [0.2, 0.25) is 5.30 Å². The van der Waals surface area contributed by atoms with Crippen molar-refractivity contribution in [3.63, 3.8) is 0 Å². The second-order valence-electron chi connectivity index (χ2n) is 7.69. The van der Waals surface area contributed by atoms with Gasteiger partial charge in [0.1, 0.15) is 0 Å². The van der Waals surface area contributed by atoms with Crippen LogP contribution in [0.5, 0.6) is 0 Å². The fourth-order valence-electron chi connectivity index (χ4n) is 3.18. The summed E-state index contributed by atoms with van der Waals surface area (Å²) >= 11 is 0. The van der Waals surface area contributed by atoms with Gasteiger partial charge in [-0.05, 0) is 51.7 Å². The third kappa shape index (κ3) is 4.25. The molecule has 0 aliphatic heterocycles. The van der Waals surface area contributed by atoms with Crippen molar-refractivity contribution >= 4 is 20.9 Å². The van der Waals surface area contributed by atoms with Crippen molar-refractivity contribution in [3.8, 4) is 5.30 Å². The van der Waals surface area contributed by atoms with Crippen LogP contribution in [0.25, 0.3) is 5.30 Å². The first-order chi connectivity index (χ1) is 11.7. The molecule has 25 heavy (non-hydrogen) atoms. The van der Waals surface area contributed by atoms with Crippen LogP contribution in [0.3, 0.4) is 0 Å². The quantitative estimate of drug-likeness (QED) is 0.492. The molecule has 2 unspecified atom stereocenters. The second kappa shape index (κ2) is 8.17. The highest BCUT2D eigenvalue weighted by Gasteiger charge is 2.27. The summed E-state index contributed by atoms with van der Waals surface area (Å²) in [5.74, 6) is 5.97. The Labute approximate surface area is 154 Å². The van der Waals surface area contributed by atoms with Gasteiger partial charge in [0.15, 0.2) is 0 Å². The van der Waals surface area contributed by atoms with Crippen molar-refractivity contribution in [1.82, 2.24) is 0 Å². The van der Waals surface area contributed by atoms with Gasteiger partial charge in [0, 0.05) is 16.7 Å². The topological polar surface area (TPSA) is 26.3 Å². The summed E-state index contributed by atoms with van der Waals surface area (Å²) in [6.07, 6.45) is 0. The molecule has 1 aromatic carbocycles. The van der Waals surface area contributed by atoms with Crippen molar-refractivity contribution in [2.24, 2.45) is 0 Å². The molecule has 136 valence electrons. The second-order valence-corrected chi connectivity index (χ2v) is 10.8. The largest absolute Gasteiger partial charge is 0.549 e. The van der Waals surface area contributed by atoms with Crippen LogP contribution in [-0.4, -0.2) is 7.11 Å². The Balaban J connectivity index is 2.77. The maximum Gasteiger partial charge on any atom is 0.549 e. The Kier molecular flexibility index (Phi) is 6.66. The molecule has 2 aromatic rings. The van der Waals surface area contributed by atoms with Crippen LogP contribution < -0.4 is 5.30 Å². The third-order valence-electron chi connectivity index (χ3n) is 4.72. The SMILES string of the molecule is CO[P+](=O)c1cp(-c2c(C(C)C)cc(C(C)C)cc2C(C)C)cc1C. The molecule has 2 atom stereocenters. The number of benzene rings is 1. The lowest BCUT2D eigenvalue weighted by Gasteiger charge is -2.22. The molecule has 2 rings (SSSR count). The van der Waals surface area contributed by atoms with Gasteiger partial charge in [-0.3, -0.25) is 0 Å². The van der Waals surface area contributed by atoms with Gasteiger partial charge in [0.25, 0.3) is 0 Å². The number of hydrogen-bond acceptors (Lipinski definition) is 2. The zero-order chi connectivity index (χ0) is 18.9. The molecule has 0 radical (unpaired) electrons. The van der Waals surface area contributed by atoms with E-state index in [1.165, 1.54) is 29.1 Å². The van der Waals surface area contributed by atoms with Crippen LogP contribution in [0.1, 0.15) is 81.5 Å². The third-order valence-corrected chi connectivity index (χ3v) is 8.37. The first-order valence-electron chi connectivity index (χ1n) is 9.05. The van der Waals surface area contributed by atoms with E-state index in [1.54, 1.807) is 0 Å². The number of aryl methyl sites for hydroxylation is 1. The van der Waals surface area contributed by atoms with Crippen molar-refractivity contribution < 1.29 is 9.09 Å². The van der Waals surface area contributed by atoms with E-state index in [-0.39, 0.29) is 0 Å². The van der Waals surface area contributed by atoms with Crippen LogP contribution >= 0.6 is 15.6 Å². The van der Waals surface area contributed by atoms with Gasteiger partial charge in [-0.2, -0.15) is 0 Å². The molecular weight excluding hydrogens is 346 g/mol. The Hall–Kier alpha value is -0.940. The summed E-state index contributed by atoms with van der Waals surface area (Å²) in [6, 6.07) is 4.79. The molecule has 0 saturated carbocycles. The predicted molar refractivity (Wildman–Crippen MR) is 112 cm³/mol. The van der Waals surface area contributed by atoms with Crippen LogP contribution in [0, 0.1) is 6.92 Å². The maximum atomic E-state index is 12.2. The Morgan fingerprint density at radius 1 is 0.920 bits per heavy atom. The van der Waals surface area contributed by atoms with E-state index < -0.39 is 15.6 Å². The van der Waals surface area contributed by atoms with Crippen molar-refractivity contribution in [3.05, 3.63) is 46.0 Å².